The van der Waals surface area contributed by atoms with Crippen molar-refractivity contribution in [3.05, 3.63) is 0 Å². The number of aliphatic hydroxyl groups is 2. The number of amides is 2. The molecule has 0 aromatic carbocycles. The van der Waals surface area contributed by atoms with E-state index in [1.807, 2.05) is 0 Å². The monoisotopic (exact) mass is 701 g/mol. The van der Waals surface area contributed by atoms with Gasteiger partial charge in [-0.2, -0.15) is 0 Å². The zero-order valence-corrected chi connectivity index (χ0v) is 28.5. The van der Waals surface area contributed by atoms with E-state index in [1.165, 1.54) is 36.8 Å². The zero-order valence-electron chi connectivity index (χ0n) is 62.5. The van der Waals surface area contributed by atoms with Gasteiger partial charge in [0.15, 0.2) is 16.6 Å². The first kappa shape index (κ1) is 12.9. The van der Waals surface area contributed by atoms with E-state index in [9.17, 15) is 19.8 Å². The first-order valence-corrected chi connectivity index (χ1v) is 18.5. The molecule has 264 valence electrons. The highest BCUT2D eigenvalue weighted by Crippen LogP contribution is 2.37. The summed E-state index contributed by atoms with van der Waals surface area (Å²) in [4.78, 5) is 26.5. The van der Waals surface area contributed by atoms with Crippen LogP contribution in [0.4, 0.5) is 0 Å². The Hall–Kier alpha value is -0.866. The Morgan fingerprint density at radius 2 is 0.977 bits per heavy atom. The van der Waals surface area contributed by atoms with Crippen molar-refractivity contribution in [2.24, 2.45) is 0 Å². The van der Waals surface area contributed by atoms with E-state index < -0.39 is 155 Å². The molecular weight excluding hydrogens is 593 g/mol. The van der Waals surface area contributed by atoms with Crippen molar-refractivity contribution in [1.82, 2.24) is 21.3 Å². The average molecular weight is 701 g/mol. The van der Waals surface area contributed by atoms with Crippen LogP contribution < -0.4 is 21.3 Å². The Bertz CT molecular complexity index is 2030. The molecule has 0 aromatic rings. The van der Waals surface area contributed by atoms with Crippen molar-refractivity contribution in [2.75, 3.05) is 39.2 Å². The van der Waals surface area contributed by atoms with Crippen molar-refractivity contribution in [2.45, 2.75) is 155 Å². The quantitative estimate of drug-likeness (QED) is 0.0854. The molecule has 0 heterocycles. The van der Waals surface area contributed by atoms with E-state index in [-0.39, 0.29) is 0 Å². The van der Waals surface area contributed by atoms with Crippen LogP contribution in [-0.2, 0) is 18.4 Å². The molecule has 2 amide bonds. The van der Waals surface area contributed by atoms with E-state index in [0.29, 0.717) is 0 Å². The largest absolute Gasteiger partial charge is 0.415 e. The number of nitrogens with one attached hydrogen (secondary N) is 4. The number of rotatable bonds is 19. The van der Waals surface area contributed by atoms with Gasteiger partial charge < -0.3 is 40.3 Å². The molecule has 0 unspecified atom stereocenters. The second kappa shape index (κ2) is 21.8. The predicted molar refractivity (Wildman–Crippen MR) is 189 cm³/mol. The van der Waals surface area contributed by atoms with Gasteiger partial charge in [0, 0.05) is 60.7 Å². The molecular formula is C32H72N4O6Si2. The van der Waals surface area contributed by atoms with Crippen LogP contribution in [0.25, 0.3) is 0 Å². The lowest BCUT2D eigenvalue weighted by Crippen LogP contribution is -2.52. The smallest absolute Gasteiger partial charge is 0.309 e. The Morgan fingerprint density at radius 1 is 0.682 bits per heavy atom. The molecule has 0 fully saturated rings. The number of carbonyl (C=O) groups excluding carboxylic acids is 2. The Balaban J connectivity index is 0. The molecule has 0 aliphatic carbocycles. The Kier molecular flexibility index (Phi) is 6.39. The molecule has 4 atom stereocenters. The lowest BCUT2D eigenvalue weighted by atomic mass is 10.2. The molecule has 12 heteroatoms. The summed E-state index contributed by atoms with van der Waals surface area (Å²) in [6.45, 7) is -23.8. The summed E-state index contributed by atoms with van der Waals surface area (Å²) in [5.41, 5.74) is 0. The van der Waals surface area contributed by atoms with Gasteiger partial charge in [-0.05, 0) is 61.8 Å². The molecule has 0 saturated carbocycles. The van der Waals surface area contributed by atoms with Gasteiger partial charge in [0.2, 0.25) is 0 Å². The average Bonchev–Trinajstić information content (AvgIpc) is 3.12. The van der Waals surface area contributed by atoms with E-state index in [1.54, 1.807) is 41.5 Å². The predicted octanol–water partition coefficient (Wildman–Crippen LogP) is 4.53. The summed E-state index contributed by atoms with van der Waals surface area (Å²) >= 11 is 0. The molecule has 0 aliphatic rings. The normalized spacial score (nSPS) is 34.8. The number of carbonyl (C=O) groups is 2. The van der Waals surface area contributed by atoms with Crippen LogP contribution >= 0.6 is 0 Å². The fraction of sp³-hybridized carbons (Fsp3) is 0.938. The summed E-state index contributed by atoms with van der Waals surface area (Å²) in [6.07, 6.45) is -16.3. The van der Waals surface area contributed by atoms with Gasteiger partial charge in [-0.1, -0.05) is 68.9 Å². The minimum atomic E-state index is -4.24. The van der Waals surface area contributed by atoms with Crippen LogP contribution in [-0.4, -0.2) is 102 Å². The summed E-state index contributed by atoms with van der Waals surface area (Å²) in [7, 11) is -6.63. The summed E-state index contributed by atoms with van der Waals surface area (Å²) < 4.78 is 291. The van der Waals surface area contributed by atoms with Crippen molar-refractivity contribution in [3.63, 3.8) is 0 Å². The molecule has 6 N–H and O–H groups in total. The molecule has 10 nitrogen and oxygen atoms in total. The first-order valence-electron chi connectivity index (χ1n) is 30.7. The van der Waals surface area contributed by atoms with Crippen molar-refractivity contribution in [3.8, 4) is 0 Å². The molecule has 0 radical (unpaired) electrons. The van der Waals surface area contributed by atoms with Crippen LogP contribution in [0.15, 0.2) is 0 Å². The van der Waals surface area contributed by atoms with Crippen LogP contribution in [0.2, 0.25) is 36.3 Å². The molecule has 44 heavy (non-hydrogen) atoms. The van der Waals surface area contributed by atoms with E-state index in [4.69, 9.17) is 58.2 Å². The van der Waals surface area contributed by atoms with Crippen LogP contribution in [0, 0.1) is 0 Å². The van der Waals surface area contributed by atoms with Crippen LogP contribution in [0.1, 0.15) is 144 Å². The topological polar surface area (TPSA) is 141 Å². The maximum atomic E-state index is 13.3. The fourth-order valence-electron chi connectivity index (χ4n) is 1.53. The third-order valence-electron chi connectivity index (χ3n) is 6.27. The summed E-state index contributed by atoms with van der Waals surface area (Å²) in [5.74, 6) is -4.43. The Labute approximate surface area is 323 Å². The van der Waals surface area contributed by atoms with Crippen molar-refractivity contribution >= 4 is 28.4 Å². The highest BCUT2D eigenvalue weighted by molar-refractivity contribution is 6.74. The SMILES string of the molecule is [2H]C([2H])([2H])C([2H])([2H])[C@]([2H])(NC(=O)C(=O)N[C@]([2H])(C([2H])([2H])O[Si](C)(C)C(C)(C)C)C([2H])([2H])C([2H])([2H])[2H])C([2H])([2H])O[Si](C)(C)C(C)(C)C.[2H]C([2H])([2H])C([2H])([2H])[C@]([2H])(NC([2H])([2H])C([2H])([2H])N[C@]([2H])(C([2H])([2H])O)C([2H])([2H])C([2H])([2H])[2H])C([2H])([2H])O. The zero-order chi connectivity index (χ0) is 66.4. The van der Waals surface area contributed by atoms with E-state index in [0.717, 1.165) is 10.6 Å². The van der Waals surface area contributed by atoms with Crippen LogP contribution in [0.3, 0.4) is 0 Å². The number of hydrogen-bond donors (Lipinski definition) is 6. The lowest BCUT2D eigenvalue weighted by Gasteiger charge is -2.37. The first-order chi connectivity index (χ1) is 33.6. The van der Waals surface area contributed by atoms with Gasteiger partial charge in [-0.3, -0.25) is 9.59 Å². The van der Waals surface area contributed by atoms with Gasteiger partial charge in [0.05, 0.1) is 52.0 Å². The molecule has 0 bridgehead atoms. The fourth-order valence-corrected chi connectivity index (χ4v) is 2.86. The van der Waals surface area contributed by atoms with E-state index >= 15 is 0 Å². The standard InChI is InChI=1S/C22H48N2O4Si2.C10H24N2O2/c1-13-17(15-27-29(9,10)21(3,4)5)23-19(25)20(26)24-18(14-2)16-28-30(11,12)22(6,7)8;1-3-9(7-13)11-5-6-12-10(4-2)8-14/h17-18H,13-16H2,1-12H3,(H,23,25)(H,24,26);9-14H,3-8H2,1-2H3/t17-,18-;9-,10-/m00/s1/i1D3,2D3,13D2,14D2,15D2,16D2,17D,18D;1D3,2D3,3D2,4D2,5D2,6D2,7D2,8D2,9D,10D. The molecule has 0 rings (SSSR count). The highest BCUT2D eigenvalue weighted by atomic mass is 28.4. The van der Waals surface area contributed by atoms with Crippen LogP contribution in [0.5, 0.6) is 0 Å². The maximum Gasteiger partial charge on any atom is 0.309 e. The molecule has 0 saturated heterocycles. The van der Waals surface area contributed by atoms with Gasteiger partial charge in [0.25, 0.3) is 0 Å². The van der Waals surface area contributed by atoms with Gasteiger partial charge >= 0.3 is 11.8 Å². The number of hydrogen-bond acceptors (Lipinski definition) is 8. The summed E-state index contributed by atoms with van der Waals surface area (Å²) in [6, 6.07) is -16.3. The van der Waals surface area contributed by atoms with Gasteiger partial charge in [-0.25, -0.2) is 0 Å². The molecule has 0 aliphatic heterocycles. The van der Waals surface area contributed by atoms with E-state index in [2.05, 4.69) is 0 Å². The maximum absolute atomic E-state index is 13.3. The minimum Gasteiger partial charge on any atom is -0.415 e. The third-order valence-corrected chi connectivity index (χ3v) is 14.7. The second-order valence-electron chi connectivity index (χ2n) is 11.6. The Morgan fingerprint density at radius 3 is 1.23 bits per heavy atom. The minimum absolute atomic E-state index is 0.781. The highest BCUT2D eigenvalue weighted by Gasteiger charge is 2.39. The van der Waals surface area contributed by atoms with Gasteiger partial charge in [0.1, 0.15) is 0 Å². The molecule has 0 spiro atoms. The summed E-state index contributed by atoms with van der Waals surface area (Å²) in [5, 5.41) is 22.6. The second-order valence-corrected chi connectivity index (χ2v) is 21.0. The van der Waals surface area contributed by atoms with Gasteiger partial charge in [-0.15, -0.1) is 0 Å². The van der Waals surface area contributed by atoms with Crippen molar-refractivity contribution in [1.29, 1.82) is 0 Å². The molecule has 0 aromatic heterocycles. The lowest BCUT2D eigenvalue weighted by molar-refractivity contribution is -0.140. The third kappa shape index (κ3) is 18.3. The van der Waals surface area contributed by atoms with Crippen molar-refractivity contribution < 1.29 is 78.0 Å².